The molecule has 2 aromatic carbocycles. The quantitative estimate of drug-likeness (QED) is 0.501. The Morgan fingerprint density at radius 1 is 1.13 bits per heavy atom. The molecule has 0 saturated heterocycles. The van der Waals surface area contributed by atoms with Crippen molar-refractivity contribution < 1.29 is 4.79 Å². The zero-order valence-electron chi connectivity index (χ0n) is 17.3. The molecule has 0 aliphatic heterocycles. The number of rotatable bonds is 5. The lowest BCUT2D eigenvalue weighted by atomic mass is 10.0. The Balaban J connectivity index is 1.54. The number of aryl methyl sites for hydroxylation is 3. The summed E-state index contributed by atoms with van der Waals surface area (Å²) in [7, 11) is 1.67. The van der Waals surface area contributed by atoms with Gasteiger partial charge in [-0.1, -0.05) is 42.1 Å². The minimum absolute atomic E-state index is 0.0865. The third kappa shape index (κ3) is 3.59. The number of aromatic nitrogens is 4. The maximum Gasteiger partial charge on any atom is 0.262 e. The minimum Gasteiger partial charge on any atom is -0.349 e. The smallest absolute Gasteiger partial charge is 0.262 e. The minimum atomic E-state index is -0.123. The van der Waals surface area contributed by atoms with Gasteiger partial charge in [-0.3, -0.25) is 18.6 Å². The van der Waals surface area contributed by atoms with Crippen molar-refractivity contribution in [3.05, 3.63) is 69.5 Å². The SMILES string of the molecule is Cc1ccc(C(C)NC(=O)CSc2nnc3n(C)c(=O)c4ccccc4n23)cc1C. The molecule has 2 aromatic heterocycles. The number of nitrogens with one attached hydrogen (secondary N) is 1. The van der Waals surface area contributed by atoms with Gasteiger partial charge >= 0.3 is 0 Å². The van der Waals surface area contributed by atoms with E-state index in [0.29, 0.717) is 16.3 Å². The van der Waals surface area contributed by atoms with Crippen molar-refractivity contribution in [1.29, 1.82) is 0 Å². The van der Waals surface area contributed by atoms with Crippen LogP contribution >= 0.6 is 11.8 Å². The van der Waals surface area contributed by atoms with Crippen LogP contribution in [0.5, 0.6) is 0 Å². The van der Waals surface area contributed by atoms with Crippen molar-refractivity contribution in [3.63, 3.8) is 0 Å². The topological polar surface area (TPSA) is 81.3 Å². The van der Waals surface area contributed by atoms with E-state index in [4.69, 9.17) is 0 Å². The van der Waals surface area contributed by atoms with Gasteiger partial charge < -0.3 is 5.32 Å². The summed E-state index contributed by atoms with van der Waals surface area (Å²) in [4.78, 5) is 25.1. The van der Waals surface area contributed by atoms with Crippen LogP contribution in [0.15, 0.2) is 52.4 Å². The van der Waals surface area contributed by atoms with Crippen LogP contribution in [0.3, 0.4) is 0 Å². The number of fused-ring (bicyclic) bond motifs is 3. The first-order valence-electron chi connectivity index (χ1n) is 9.69. The number of carbonyl (C=O) groups is 1. The van der Waals surface area contributed by atoms with Gasteiger partial charge in [-0.05, 0) is 49.6 Å². The number of para-hydroxylation sites is 1. The van der Waals surface area contributed by atoms with E-state index in [-0.39, 0.29) is 23.3 Å². The highest BCUT2D eigenvalue weighted by Gasteiger charge is 2.17. The second kappa shape index (κ2) is 7.95. The summed E-state index contributed by atoms with van der Waals surface area (Å²) in [5.41, 5.74) is 4.11. The van der Waals surface area contributed by atoms with E-state index in [0.717, 1.165) is 11.1 Å². The Hall–Kier alpha value is -3.13. The largest absolute Gasteiger partial charge is 0.349 e. The van der Waals surface area contributed by atoms with Crippen molar-refractivity contribution in [2.45, 2.75) is 32.0 Å². The average Bonchev–Trinajstić information content (AvgIpc) is 3.16. The fraction of sp³-hybridized carbons (Fsp3) is 0.273. The van der Waals surface area contributed by atoms with Crippen LogP contribution < -0.4 is 10.9 Å². The Morgan fingerprint density at radius 2 is 1.90 bits per heavy atom. The molecule has 0 radical (unpaired) electrons. The molecule has 8 heteroatoms. The predicted octanol–water partition coefficient (Wildman–Crippen LogP) is 3.17. The molecule has 0 aliphatic rings. The zero-order chi connectivity index (χ0) is 21.4. The monoisotopic (exact) mass is 421 g/mol. The van der Waals surface area contributed by atoms with Crippen LogP contribution in [0.25, 0.3) is 16.7 Å². The number of carbonyl (C=O) groups excluding carboxylic acids is 1. The highest BCUT2D eigenvalue weighted by atomic mass is 32.2. The van der Waals surface area contributed by atoms with Gasteiger partial charge in [-0.25, -0.2) is 0 Å². The van der Waals surface area contributed by atoms with E-state index in [1.807, 2.05) is 35.6 Å². The zero-order valence-corrected chi connectivity index (χ0v) is 18.2. The van der Waals surface area contributed by atoms with Gasteiger partial charge in [0.15, 0.2) is 5.16 Å². The molecule has 4 aromatic rings. The molecule has 1 amide bonds. The summed E-state index contributed by atoms with van der Waals surface area (Å²) in [6, 6.07) is 13.5. The second-order valence-corrected chi connectivity index (χ2v) is 8.36. The molecular formula is C22H23N5O2S. The van der Waals surface area contributed by atoms with Gasteiger partial charge in [0, 0.05) is 7.05 Å². The molecule has 7 nitrogen and oxygen atoms in total. The number of nitrogens with zero attached hydrogens (tertiary/aromatic N) is 4. The van der Waals surface area contributed by atoms with E-state index in [2.05, 4.69) is 41.5 Å². The highest BCUT2D eigenvalue weighted by molar-refractivity contribution is 7.99. The van der Waals surface area contributed by atoms with E-state index in [1.165, 1.54) is 27.5 Å². The number of hydrogen-bond acceptors (Lipinski definition) is 5. The van der Waals surface area contributed by atoms with Crippen LogP contribution in [0, 0.1) is 13.8 Å². The van der Waals surface area contributed by atoms with E-state index in [1.54, 1.807) is 13.1 Å². The standard InChI is InChI=1S/C22H23N5O2S/c1-13-9-10-16(11-14(13)2)15(3)23-19(28)12-30-22-25-24-21-26(4)20(29)17-7-5-6-8-18(17)27(21)22/h5-11,15H,12H2,1-4H3,(H,23,28). The molecule has 2 heterocycles. The fourth-order valence-corrected chi connectivity index (χ4v) is 4.19. The van der Waals surface area contributed by atoms with Gasteiger partial charge in [0.2, 0.25) is 11.7 Å². The molecule has 154 valence electrons. The van der Waals surface area contributed by atoms with Crippen LogP contribution in [-0.4, -0.2) is 30.8 Å². The lowest BCUT2D eigenvalue weighted by Gasteiger charge is -2.15. The molecule has 0 saturated carbocycles. The maximum atomic E-state index is 12.5. The van der Waals surface area contributed by atoms with E-state index in [9.17, 15) is 9.59 Å². The fourth-order valence-electron chi connectivity index (χ4n) is 3.44. The molecule has 0 fully saturated rings. The molecule has 30 heavy (non-hydrogen) atoms. The lowest BCUT2D eigenvalue weighted by molar-refractivity contribution is -0.119. The Kier molecular flexibility index (Phi) is 5.34. The van der Waals surface area contributed by atoms with Gasteiger partial charge in [0.1, 0.15) is 0 Å². The van der Waals surface area contributed by atoms with E-state index >= 15 is 0 Å². The molecular weight excluding hydrogens is 398 g/mol. The Labute approximate surface area is 178 Å². The van der Waals surface area contributed by atoms with Crippen LogP contribution in [0.1, 0.15) is 29.7 Å². The highest BCUT2D eigenvalue weighted by Crippen LogP contribution is 2.22. The summed E-state index contributed by atoms with van der Waals surface area (Å²) < 4.78 is 3.29. The van der Waals surface area contributed by atoms with Crippen molar-refractivity contribution in [2.75, 3.05) is 5.75 Å². The molecule has 1 atom stereocenters. The summed E-state index contributed by atoms with van der Waals surface area (Å²) in [5.74, 6) is 0.564. The van der Waals surface area contributed by atoms with Crippen molar-refractivity contribution >= 4 is 34.3 Å². The van der Waals surface area contributed by atoms with Crippen LogP contribution in [-0.2, 0) is 11.8 Å². The summed E-state index contributed by atoms with van der Waals surface area (Å²) in [6.45, 7) is 6.11. The van der Waals surface area contributed by atoms with E-state index < -0.39 is 0 Å². The number of amides is 1. The first-order valence-corrected chi connectivity index (χ1v) is 10.7. The van der Waals surface area contributed by atoms with Gasteiger partial charge in [-0.15, -0.1) is 10.2 Å². The molecule has 1 unspecified atom stereocenters. The predicted molar refractivity (Wildman–Crippen MR) is 119 cm³/mol. The molecule has 4 rings (SSSR count). The normalized spacial score (nSPS) is 12.4. The summed E-state index contributed by atoms with van der Waals surface area (Å²) >= 11 is 1.30. The van der Waals surface area contributed by atoms with Crippen molar-refractivity contribution in [1.82, 2.24) is 24.5 Å². The Morgan fingerprint density at radius 3 is 2.67 bits per heavy atom. The van der Waals surface area contributed by atoms with Crippen molar-refractivity contribution in [3.8, 4) is 0 Å². The van der Waals surface area contributed by atoms with Gasteiger partial charge in [-0.2, -0.15) is 0 Å². The molecule has 1 N–H and O–H groups in total. The molecule has 0 bridgehead atoms. The third-order valence-corrected chi connectivity index (χ3v) is 6.27. The first kappa shape index (κ1) is 20.2. The second-order valence-electron chi connectivity index (χ2n) is 7.42. The van der Waals surface area contributed by atoms with Gasteiger partial charge in [0.05, 0.1) is 22.7 Å². The third-order valence-electron chi connectivity index (χ3n) is 5.34. The van der Waals surface area contributed by atoms with Crippen molar-refractivity contribution in [2.24, 2.45) is 7.05 Å². The van der Waals surface area contributed by atoms with Crippen LogP contribution in [0.2, 0.25) is 0 Å². The first-order chi connectivity index (χ1) is 14.4. The summed E-state index contributed by atoms with van der Waals surface area (Å²) in [6.07, 6.45) is 0. The molecule has 0 spiro atoms. The Bertz CT molecular complexity index is 1320. The lowest BCUT2D eigenvalue weighted by Crippen LogP contribution is -2.28. The number of hydrogen-bond donors (Lipinski definition) is 1. The number of benzene rings is 2. The molecule has 0 aliphatic carbocycles. The maximum absolute atomic E-state index is 12.5. The van der Waals surface area contributed by atoms with Crippen LogP contribution in [0.4, 0.5) is 0 Å². The summed E-state index contributed by atoms with van der Waals surface area (Å²) in [5, 5.41) is 12.6. The number of thioether (sulfide) groups is 1. The average molecular weight is 422 g/mol. The van der Waals surface area contributed by atoms with Gasteiger partial charge in [0.25, 0.3) is 5.56 Å².